The quantitative estimate of drug-likeness (QED) is 0.488. The van der Waals surface area contributed by atoms with E-state index in [1.807, 2.05) is 41.5 Å². The van der Waals surface area contributed by atoms with Crippen LogP contribution in [0.25, 0.3) is 0 Å². The standard InChI is InChI=1S/C23H34N2O6/c1-18(2)20(5)8-10-22(18,30-16(20)28)14(26)24-12-7-13-25-15(27)23-11-9-21(6,17(29)31-23)19(23,3)4/h7-13H2,1-6H3,(H,24,26)(H,25,27)/t20-,21+,22+,23-. The molecule has 2 N–H and O–H groups in total. The smallest absolute Gasteiger partial charge is 0.313 e. The molecule has 2 aliphatic heterocycles. The predicted molar refractivity (Wildman–Crippen MR) is 111 cm³/mol. The van der Waals surface area contributed by atoms with Crippen molar-refractivity contribution in [1.82, 2.24) is 10.6 Å². The van der Waals surface area contributed by atoms with Crippen molar-refractivity contribution in [1.29, 1.82) is 0 Å². The summed E-state index contributed by atoms with van der Waals surface area (Å²) in [4.78, 5) is 50.6. The molecular formula is C23H34N2O6. The van der Waals surface area contributed by atoms with Crippen LogP contribution in [0.15, 0.2) is 0 Å². The number of hydrogen-bond donors (Lipinski definition) is 2. The fourth-order valence-corrected chi connectivity index (χ4v) is 6.27. The van der Waals surface area contributed by atoms with Gasteiger partial charge in [0.05, 0.1) is 10.8 Å². The summed E-state index contributed by atoms with van der Waals surface area (Å²) in [6.45, 7) is 12.1. The first-order chi connectivity index (χ1) is 14.2. The molecule has 4 fully saturated rings. The number of carbonyl (C=O) groups is 4. The fourth-order valence-electron chi connectivity index (χ4n) is 6.27. The van der Waals surface area contributed by atoms with Gasteiger partial charge < -0.3 is 20.1 Å². The summed E-state index contributed by atoms with van der Waals surface area (Å²) in [6, 6.07) is 0. The maximum Gasteiger partial charge on any atom is 0.313 e. The Morgan fingerprint density at radius 3 is 1.32 bits per heavy atom. The van der Waals surface area contributed by atoms with Gasteiger partial charge in [-0.1, -0.05) is 27.7 Å². The highest BCUT2D eigenvalue weighted by Gasteiger charge is 2.76. The van der Waals surface area contributed by atoms with Crippen molar-refractivity contribution < 1.29 is 28.7 Å². The first-order valence-electron chi connectivity index (χ1n) is 11.3. The van der Waals surface area contributed by atoms with Crippen molar-refractivity contribution in [2.24, 2.45) is 21.7 Å². The lowest BCUT2D eigenvalue weighted by Gasteiger charge is -2.35. The van der Waals surface area contributed by atoms with Crippen molar-refractivity contribution in [2.45, 2.75) is 84.8 Å². The van der Waals surface area contributed by atoms with Gasteiger partial charge in [0.1, 0.15) is 0 Å². The summed E-state index contributed by atoms with van der Waals surface area (Å²) in [5.74, 6) is -1.14. The molecule has 4 atom stereocenters. The number of rotatable bonds is 6. The lowest BCUT2D eigenvalue weighted by molar-refractivity contribution is -0.168. The van der Waals surface area contributed by atoms with E-state index in [1.165, 1.54) is 0 Å². The third kappa shape index (κ3) is 2.31. The minimum atomic E-state index is -1.13. The monoisotopic (exact) mass is 434 g/mol. The predicted octanol–water partition coefficient (Wildman–Crippen LogP) is 1.85. The molecule has 2 amide bonds. The number of carbonyl (C=O) groups excluding carboxylic acids is 4. The molecule has 8 heteroatoms. The van der Waals surface area contributed by atoms with Crippen molar-refractivity contribution in [3.63, 3.8) is 0 Å². The van der Waals surface area contributed by atoms with Gasteiger partial charge in [0.15, 0.2) is 11.2 Å². The lowest BCUT2D eigenvalue weighted by Crippen LogP contribution is -2.54. The molecule has 2 saturated carbocycles. The van der Waals surface area contributed by atoms with Crippen LogP contribution in [-0.2, 0) is 28.7 Å². The van der Waals surface area contributed by atoms with Gasteiger partial charge in [-0.15, -0.1) is 0 Å². The Balaban J connectivity index is 1.30. The van der Waals surface area contributed by atoms with E-state index in [0.717, 1.165) is 0 Å². The molecule has 4 aliphatic rings. The first kappa shape index (κ1) is 22.1. The first-order valence-corrected chi connectivity index (χ1v) is 11.3. The van der Waals surface area contributed by atoms with Crippen molar-refractivity contribution in [3.8, 4) is 0 Å². The van der Waals surface area contributed by atoms with E-state index >= 15 is 0 Å². The van der Waals surface area contributed by atoms with Gasteiger partial charge in [-0.25, -0.2) is 0 Å². The summed E-state index contributed by atoms with van der Waals surface area (Å²) >= 11 is 0. The van der Waals surface area contributed by atoms with Crippen molar-refractivity contribution >= 4 is 23.8 Å². The van der Waals surface area contributed by atoms with Gasteiger partial charge in [-0.2, -0.15) is 0 Å². The van der Waals surface area contributed by atoms with E-state index in [1.54, 1.807) is 0 Å². The summed E-state index contributed by atoms with van der Waals surface area (Å²) in [5, 5.41) is 5.78. The summed E-state index contributed by atoms with van der Waals surface area (Å²) < 4.78 is 11.2. The molecule has 4 bridgehead atoms. The molecule has 172 valence electrons. The molecule has 0 aromatic heterocycles. The highest BCUT2D eigenvalue weighted by atomic mass is 16.6. The molecule has 0 unspecified atom stereocenters. The molecule has 8 nitrogen and oxygen atoms in total. The van der Waals surface area contributed by atoms with E-state index in [0.29, 0.717) is 45.2 Å². The Hall–Kier alpha value is -2.12. The molecule has 0 radical (unpaired) electrons. The Labute approximate surface area is 183 Å². The van der Waals surface area contributed by atoms with Gasteiger partial charge in [0, 0.05) is 23.9 Å². The van der Waals surface area contributed by atoms with Gasteiger partial charge in [0.2, 0.25) is 0 Å². The maximum absolute atomic E-state index is 13.0. The molecule has 2 aliphatic carbocycles. The Morgan fingerprint density at radius 2 is 1.06 bits per heavy atom. The van der Waals surface area contributed by atoms with E-state index in [-0.39, 0.29) is 23.8 Å². The van der Waals surface area contributed by atoms with Crippen LogP contribution < -0.4 is 10.6 Å². The number of amides is 2. The van der Waals surface area contributed by atoms with Gasteiger partial charge in [-0.3, -0.25) is 19.2 Å². The van der Waals surface area contributed by atoms with Crippen LogP contribution in [0, 0.1) is 21.7 Å². The highest BCUT2D eigenvalue weighted by molar-refractivity contribution is 5.97. The summed E-state index contributed by atoms with van der Waals surface area (Å²) in [6.07, 6.45) is 2.83. The Morgan fingerprint density at radius 1 is 0.710 bits per heavy atom. The normalized spacial score (nSPS) is 41.1. The van der Waals surface area contributed by atoms with E-state index in [4.69, 9.17) is 9.47 Å². The zero-order valence-corrected chi connectivity index (χ0v) is 19.4. The van der Waals surface area contributed by atoms with E-state index < -0.39 is 32.9 Å². The topological polar surface area (TPSA) is 111 Å². The minimum Gasteiger partial charge on any atom is -0.448 e. The lowest BCUT2D eigenvalue weighted by atomic mass is 9.66. The second kappa shape index (κ2) is 6.23. The summed E-state index contributed by atoms with van der Waals surface area (Å²) in [7, 11) is 0. The zero-order chi connectivity index (χ0) is 23.1. The van der Waals surface area contributed by atoms with Gasteiger partial charge in [0.25, 0.3) is 11.8 Å². The number of fused-ring (bicyclic) bond motifs is 4. The summed E-state index contributed by atoms with van der Waals surface area (Å²) in [5.41, 5.74) is -4.70. The van der Waals surface area contributed by atoms with Gasteiger partial charge >= 0.3 is 11.9 Å². The SMILES string of the molecule is CC1(C)[C@@]2(C(=O)NCCCNC(=O)[C@@]34CC[C@@](C)(C(=O)O3)C4(C)C)CC[C@]1(C)C(=O)O2. The largest absolute Gasteiger partial charge is 0.448 e. The van der Waals surface area contributed by atoms with Crippen LogP contribution in [-0.4, -0.2) is 48.0 Å². The second-order valence-corrected chi connectivity index (χ2v) is 11.2. The molecule has 0 aromatic rings. The molecule has 2 heterocycles. The van der Waals surface area contributed by atoms with E-state index in [2.05, 4.69) is 10.6 Å². The molecular weight excluding hydrogens is 400 g/mol. The Bertz CT molecular complexity index is 811. The van der Waals surface area contributed by atoms with Crippen LogP contribution >= 0.6 is 0 Å². The highest BCUT2D eigenvalue weighted by Crippen LogP contribution is 2.66. The number of nitrogens with one attached hydrogen (secondary N) is 2. The second-order valence-electron chi connectivity index (χ2n) is 11.2. The number of esters is 2. The molecule has 4 rings (SSSR count). The molecule has 2 saturated heterocycles. The van der Waals surface area contributed by atoms with Crippen LogP contribution in [0.3, 0.4) is 0 Å². The van der Waals surface area contributed by atoms with Crippen LogP contribution in [0.1, 0.15) is 73.6 Å². The molecule has 31 heavy (non-hydrogen) atoms. The van der Waals surface area contributed by atoms with Crippen LogP contribution in [0.4, 0.5) is 0 Å². The van der Waals surface area contributed by atoms with Crippen LogP contribution in [0.5, 0.6) is 0 Å². The van der Waals surface area contributed by atoms with Crippen molar-refractivity contribution in [2.75, 3.05) is 13.1 Å². The number of hydrogen-bond acceptors (Lipinski definition) is 6. The minimum absolute atomic E-state index is 0.269. The fraction of sp³-hybridized carbons (Fsp3) is 0.826. The van der Waals surface area contributed by atoms with E-state index in [9.17, 15) is 19.2 Å². The molecule has 0 aromatic carbocycles. The third-order valence-corrected chi connectivity index (χ3v) is 9.83. The zero-order valence-electron chi connectivity index (χ0n) is 19.4. The van der Waals surface area contributed by atoms with Crippen LogP contribution in [0.2, 0.25) is 0 Å². The molecule has 0 spiro atoms. The average Bonchev–Trinajstić information content (AvgIpc) is 3.15. The van der Waals surface area contributed by atoms with Gasteiger partial charge in [-0.05, 0) is 46.0 Å². The van der Waals surface area contributed by atoms with Crippen molar-refractivity contribution in [3.05, 3.63) is 0 Å². The third-order valence-electron chi connectivity index (χ3n) is 9.83. The number of ether oxygens (including phenoxy) is 2. The maximum atomic E-state index is 13.0. The Kier molecular flexibility index (Phi) is 4.44. The average molecular weight is 435 g/mol.